The minimum Gasteiger partial charge on any atom is -0.360 e. The summed E-state index contributed by atoms with van der Waals surface area (Å²) in [7, 11) is 0. The minimum absolute atomic E-state index is 0.245. The van der Waals surface area contributed by atoms with Gasteiger partial charge in [-0.05, 0) is 37.5 Å². The number of aromatic nitrogens is 1. The van der Waals surface area contributed by atoms with Crippen molar-refractivity contribution in [3.05, 3.63) is 35.8 Å². The van der Waals surface area contributed by atoms with E-state index in [0.29, 0.717) is 24.0 Å². The van der Waals surface area contributed by atoms with Crippen molar-refractivity contribution in [2.24, 2.45) is 0 Å². The van der Waals surface area contributed by atoms with Crippen molar-refractivity contribution >= 4 is 22.6 Å². The SMILES string of the molecule is O=C(C(=O)N1CCCCC1)c1c[nH]c2ccc(F)cc12. The Kier molecular flexibility index (Phi) is 3.26. The summed E-state index contributed by atoms with van der Waals surface area (Å²) >= 11 is 0. The van der Waals surface area contributed by atoms with E-state index in [4.69, 9.17) is 0 Å². The van der Waals surface area contributed by atoms with Crippen LogP contribution in [0.4, 0.5) is 4.39 Å². The summed E-state index contributed by atoms with van der Waals surface area (Å²) in [5.74, 6) is -1.48. The maximum Gasteiger partial charge on any atom is 0.295 e. The number of aromatic amines is 1. The van der Waals surface area contributed by atoms with Crippen molar-refractivity contribution in [3.8, 4) is 0 Å². The number of hydrogen-bond donors (Lipinski definition) is 1. The number of halogens is 1. The number of amides is 1. The van der Waals surface area contributed by atoms with Crippen molar-refractivity contribution in [1.82, 2.24) is 9.88 Å². The molecular weight excluding hydrogens is 259 g/mol. The fraction of sp³-hybridized carbons (Fsp3) is 0.333. The summed E-state index contributed by atoms with van der Waals surface area (Å²) in [5.41, 5.74) is 0.899. The average Bonchev–Trinajstić information content (AvgIpc) is 2.89. The molecule has 1 aromatic heterocycles. The molecule has 0 spiro atoms. The molecule has 5 heteroatoms. The number of nitrogens with one attached hydrogen (secondary N) is 1. The summed E-state index contributed by atoms with van der Waals surface area (Å²) in [4.78, 5) is 29.0. The van der Waals surface area contributed by atoms with Gasteiger partial charge in [-0.2, -0.15) is 0 Å². The summed E-state index contributed by atoms with van der Waals surface area (Å²) in [6.45, 7) is 1.25. The third-order valence-electron chi connectivity index (χ3n) is 3.73. The van der Waals surface area contributed by atoms with Gasteiger partial charge in [0.1, 0.15) is 5.82 Å². The zero-order chi connectivity index (χ0) is 14.1. The Labute approximate surface area is 115 Å². The molecule has 0 unspecified atom stereocenters. The molecule has 0 aliphatic carbocycles. The van der Waals surface area contributed by atoms with Gasteiger partial charge in [0.15, 0.2) is 0 Å². The van der Waals surface area contributed by atoms with Crippen LogP contribution >= 0.6 is 0 Å². The smallest absolute Gasteiger partial charge is 0.295 e. The normalized spacial score (nSPS) is 15.6. The van der Waals surface area contributed by atoms with Crippen LogP contribution in [0.2, 0.25) is 0 Å². The standard InChI is InChI=1S/C15H15FN2O2/c16-10-4-5-13-11(8-10)12(9-17-13)14(19)15(20)18-6-2-1-3-7-18/h4-5,8-9,17H,1-3,6-7H2. The van der Waals surface area contributed by atoms with Gasteiger partial charge in [-0.1, -0.05) is 0 Å². The van der Waals surface area contributed by atoms with Crippen LogP contribution in [-0.2, 0) is 4.79 Å². The summed E-state index contributed by atoms with van der Waals surface area (Å²) < 4.78 is 13.3. The Bertz CT molecular complexity index is 672. The zero-order valence-corrected chi connectivity index (χ0v) is 11.0. The van der Waals surface area contributed by atoms with Crippen LogP contribution in [0.3, 0.4) is 0 Å². The van der Waals surface area contributed by atoms with Gasteiger partial charge in [0.25, 0.3) is 11.7 Å². The van der Waals surface area contributed by atoms with E-state index in [1.165, 1.54) is 18.3 Å². The molecule has 20 heavy (non-hydrogen) atoms. The van der Waals surface area contributed by atoms with E-state index in [1.54, 1.807) is 11.0 Å². The second-order valence-corrected chi connectivity index (χ2v) is 5.07. The number of carbonyl (C=O) groups is 2. The number of likely N-dealkylation sites (tertiary alicyclic amines) is 1. The van der Waals surface area contributed by atoms with Crippen LogP contribution in [0.1, 0.15) is 29.6 Å². The number of H-pyrrole nitrogens is 1. The lowest BCUT2D eigenvalue weighted by atomic mass is 10.1. The van der Waals surface area contributed by atoms with Gasteiger partial charge in [-0.15, -0.1) is 0 Å². The van der Waals surface area contributed by atoms with E-state index in [-0.39, 0.29) is 5.56 Å². The second-order valence-electron chi connectivity index (χ2n) is 5.07. The number of piperidine rings is 1. The van der Waals surface area contributed by atoms with Crippen molar-refractivity contribution in [2.75, 3.05) is 13.1 Å². The monoisotopic (exact) mass is 274 g/mol. The third kappa shape index (κ3) is 2.19. The van der Waals surface area contributed by atoms with Crippen LogP contribution in [0.5, 0.6) is 0 Å². The molecule has 0 bridgehead atoms. The lowest BCUT2D eigenvalue weighted by Crippen LogP contribution is -2.40. The lowest BCUT2D eigenvalue weighted by Gasteiger charge is -2.25. The fourth-order valence-electron chi connectivity index (χ4n) is 2.64. The van der Waals surface area contributed by atoms with Gasteiger partial charge < -0.3 is 9.88 Å². The Morgan fingerprint density at radius 3 is 2.65 bits per heavy atom. The first-order valence-electron chi connectivity index (χ1n) is 6.77. The highest BCUT2D eigenvalue weighted by atomic mass is 19.1. The van der Waals surface area contributed by atoms with E-state index in [2.05, 4.69) is 4.98 Å². The molecule has 1 fully saturated rings. The Hall–Kier alpha value is -2.17. The molecule has 1 amide bonds. The van der Waals surface area contributed by atoms with Crippen LogP contribution in [0.25, 0.3) is 10.9 Å². The quantitative estimate of drug-likeness (QED) is 0.675. The molecule has 1 saturated heterocycles. The molecule has 0 saturated carbocycles. The molecule has 104 valence electrons. The number of ketones is 1. The van der Waals surface area contributed by atoms with Crippen LogP contribution in [-0.4, -0.2) is 34.7 Å². The molecule has 1 aliphatic heterocycles. The van der Waals surface area contributed by atoms with E-state index in [0.717, 1.165) is 19.3 Å². The molecule has 2 heterocycles. The summed E-state index contributed by atoms with van der Waals surface area (Å²) in [6.07, 6.45) is 4.44. The fourth-order valence-corrected chi connectivity index (χ4v) is 2.64. The molecule has 0 atom stereocenters. The Morgan fingerprint density at radius 1 is 1.15 bits per heavy atom. The van der Waals surface area contributed by atoms with E-state index >= 15 is 0 Å². The summed E-state index contributed by atoms with van der Waals surface area (Å²) in [5, 5.41) is 0.459. The highest BCUT2D eigenvalue weighted by molar-refractivity contribution is 6.44. The highest BCUT2D eigenvalue weighted by Gasteiger charge is 2.26. The zero-order valence-electron chi connectivity index (χ0n) is 11.0. The van der Waals surface area contributed by atoms with E-state index in [9.17, 15) is 14.0 Å². The molecule has 1 aromatic carbocycles. The average molecular weight is 274 g/mol. The molecule has 4 nitrogen and oxygen atoms in total. The maximum atomic E-state index is 13.3. The van der Waals surface area contributed by atoms with Crippen molar-refractivity contribution in [1.29, 1.82) is 0 Å². The van der Waals surface area contributed by atoms with Gasteiger partial charge in [0.05, 0.1) is 5.56 Å². The number of carbonyl (C=O) groups excluding carboxylic acids is 2. The molecule has 2 aromatic rings. The third-order valence-corrected chi connectivity index (χ3v) is 3.73. The van der Waals surface area contributed by atoms with Gasteiger partial charge in [0.2, 0.25) is 0 Å². The van der Waals surface area contributed by atoms with Gasteiger partial charge in [-0.25, -0.2) is 4.39 Å². The first kappa shape index (κ1) is 12.8. The minimum atomic E-state index is -0.566. The molecule has 1 aliphatic rings. The van der Waals surface area contributed by atoms with Crippen LogP contribution < -0.4 is 0 Å². The molecule has 3 rings (SSSR count). The second kappa shape index (κ2) is 5.07. The number of Topliss-reactive ketones (excluding diaryl/α,β-unsaturated/α-hetero) is 1. The number of rotatable bonds is 2. The van der Waals surface area contributed by atoms with Crippen molar-refractivity contribution in [3.63, 3.8) is 0 Å². The van der Waals surface area contributed by atoms with Crippen molar-refractivity contribution < 1.29 is 14.0 Å². The van der Waals surface area contributed by atoms with Gasteiger partial charge in [0, 0.05) is 30.2 Å². The maximum absolute atomic E-state index is 13.3. The Morgan fingerprint density at radius 2 is 1.90 bits per heavy atom. The predicted octanol–water partition coefficient (Wildman–Crippen LogP) is 2.50. The molecule has 0 radical (unpaired) electrons. The Balaban J connectivity index is 1.91. The molecule has 1 N–H and O–H groups in total. The van der Waals surface area contributed by atoms with Crippen LogP contribution in [0.15, 0.2) is 24.4 Å². The first-order valence-corrected chi connectivity index (χ1v) is 6.77. The number of nitrogens with zero attached hydrogens (tertiary/aromatic N) is 1. The molecular formula is C15H15FN2O2. The number of benzene rings is 1. The summed E-state index contributed by atoms with van der Waals surface area (Å²) in [6, 6.07) is 4.16. The van der Waals surface area contributed by atoms with Gasteiger partial charge in [-0.3, -0.25) is 9.59 Å². The van der Waals surface area contributed by atoms with E-state index < -0.39 is 17.5 Å². The largest absolute Gasteiger partial charge is 0.360 e. The lowest BCUT2D eigenvalue weighted by molar-refractivity contribution is -0.127. The van der Waals surface area contributed by atoms with Crippen molar-refractivity contribution in [2.45, 2.75) is 19.3 Å². The number of fused-ring (bicyclic) bond motifs is 1. The van der Waals surface area contributed by atoms with E-state index in [1.807, 2.05) is 0 Å². The topological polar surface area (TPSA) is 53.2 Å². The number of hydrogen-bond acceptors (Lipinski definition) is 2. The first-order chi connectivity index (χ1) is 9.66. The predicted molar refractivity (Wildman–Crippen MR) is 73.0 cm³/mol. The highest BCUT2D eigenvalue weighted by Crippen LogP contribution is 2.21. The van der Waals surface area contributed by atoms with Crippen LogP contribution in [0, 0.1) is 5.82 Å². The van der Waals surface area contributed by atoms with Gasteiger partial charge >= 0.3 is 0 Å².